The first-order chi connectivity index (χ1) is 8.78. The van der Waals surface area contributed by atoms with E-state index in [2.05, 4.69) is 0 Å². The van der Waals surface area contributed by atoms with Crippen LogP contribution in [0.25, 0.3) is 0 Å². The molecule has 0 aliphatic heterocycles. The first-order valence-electron chi connectivity index (χ1n) is 5.85. The monoisotopic (exact) mass is 244 g/mol. The molecule has 0 bridgehead atoms. The van der Waals surface area contributed by atoms with Crippen LogP contribution in [0.3, 0.4) is 0 Å². The summed E-state index contributed by atoms with van der Waals surface area (Å²) in [6.45, 7) is 0.526. The summed E-state index contributed by atoms with van der Waals surface area (Å²) < 4.78 is 10.8. The zero-order chi connectivity index (χ0) is 12.8. The quantitative estimate of drug-likeness (QED) is 0.747. The Balaban J connectivity index is 1.92. The lowest BCUT2D eigenvalue weighted by atomic mass is 9.96. The minimum absolute atomic E-state index is 0.508. The topological polar surface area (TPSA) is 35.5 Å². The minimum atomic E-state index is -0.820. The van der Waals surface area contributed by atoms with Crippen LogP contribution in [0.5, 0.6) is 0 Å². The number of carbonyl (C=O) groups is 1. The number of aldehydes is 1. The molecular weight excluding hydrogens is 228 g/mol. The number of hydrogen-bond donors (Lipinski definition) is 0. The molecule has 0 heterocycles. The van der Waals surface area contributed by atoms with Crippen LogP contribution < -0.4 is 0 Å². The van der Waals surface area contributed by atoms with Crippen LogP contribution >= 0.6 is 0 Å². The zero-order valence-electron chi connectivity index (χ0n) is 10.3. The van der Waals surface area contributed by atoms with Crippen LogP contribution in [0.4, 0.5) is 0 Å². The zero-order valence-corrected chi connectivity index (χ0v) is 10.3. The smallest absolute Gasteiger partial charge is 0.156 e. The second kappa shape index (κ2) is 5.65. The van der Waals surface area contributed by atoms with E-state index in [9.17, 15) is 4.79 Å². The van der Waals surface area contributed by atoms with Crippen molar-refractivity contribution >= 4 is 6.29 Å². The van der Waals surface area contributed by atoms with E-state index in [0.29, 0.717) is 13.0 Å². The number of rotatable bonds is 5. The molecule has 1 aromatic carbocycles. The third kappa shape index (κ3) is 2.87. The molecule has 1 atom stereocenters. The lowest BCUT2D eigenvalue weighted by molar-refractivity contribution is -0.122. The summed E-state index contributed by atoms with van der Waals surface area (Å²) in [7, 11) is 1.53. The second-order valence-corrected chi connectivity index (χ2v) is 4.20. The number of ether oxygens (including phenoxy) is 2. The van der Waals surface area contributed by atoms with Crippen molar-refractivity contribution in [3.05, 3.63) is 59.9 Å². The highest BCUT2D eigenvalue weighted by atomic mass is 16.5. The Morgan fingerprint density at radius 3 is 2.67 bits per heavy atom. The highest BCUT2D eigenvalue weighted by Gasteiger charge is 2.27. The minimum Gasteiger partial charge on any atom is -0.489 e. The highest BCUT2D eigenvalue weighted by Crippen LogP contribution is 2.23. The van der Waals surface area contributed by atoms with Crippen LogP contribution in [-0.4, -0.2) is 19.0 Å². The largest absolute Gasteiger partial charge is 0.489 e. The average Bonchev–Trinajstić information content (AvgIpc) is 2.47. The molecular formula is C15H16O3. The molecule has 0 radical (unpaired) electrons. The van der Waals surface area contributed by atoms with Gasteiger partial charge in [-0.25, -0.2) is 0 Å². The van der Waals surface area contributed by atoms with Gasteiger partial charge >= 0.3 is 0 Å². The maximum atomic E-state index is 11.0. The van der Waals surface area contributed by atoms with Gasteiger partial charge < -0.3 is 9.47 Å². The Kier molecular flexibility index (Phi) is 3.95. The normalized spacial score (nSPS) is 22.4. The number of benzene rings is 1. The van der Waals surface area contributed by atoms with Crippen LogP contribution in [0, 0.1) is 0 Å². The maximum absolute atomic E-state index is 11.0. The molecule has 0 spiro atoms. The summed E-state index contributed by atoms with van der Waals surface area (Å²) in [5, 5.41) is 0. The fourth-order valence-electron chi connectivity index (χ4n) is 1.75. The van der Waals surface area contributed by atoms with Gasteiger partial charge in [-0.1, -0.05) is 30.3 Å². The number of allylic oxidation sites excluding steroid dienone is 1. The molecule has 0 saturated heterocycles. The number of hydrogen-bond acceptors (Lipinski definition) is 3. The second-order valence-electron chi connectivity index (χ2n) is 4.20. The molecule has 0 aromatic heterocycles. The Bertz CT molecular complexity index is 462. The summed E-state index contributed by atoms with van der Waals surface area (Å²) in [4.78, 5) is 11.0. The predicted molar refractivity (Wildman–Crippen MR) is 68.9 cm³/mol. The summed E-state index contributed by atoms with van der Waals surface area (Å²) in [6, 6.07) is 9.95. The Hall–Kier alpha value is -1.87. The van der Waals surface area contributed by atoms with Crippen molar-refractivity contribution in [2.75, 3.05) is 7.11 Å². The van der Waals surface area contributed by atoms with Gasteiger partial charge in [0.25, 0.3) is 0 Å². The summed E-state index contributed by atoms with van der Waals surface area (Å²) in [5.41, 5.74) is 0.297. The van der Waals surface area contributed by atoms with Gasteiger partial charge in [-0.3, -0.25) is 4.79 Å². The maximum Gasteiger partial charge on any atom is 0.156 e. The fourth-order valence-corrected chi connectivity index (χ4v) is 1.75. The Labute approximate surface area is 107 Å². The predicted octanol–water partition coefficient (Wildman–Crippen LogP) is 2.63. The molecule has 94 valence electrons. The molecule has 1 unspecified atom stereocenters. The molecule has 0 N–H and O–H groups in total. The lowest BCUT2D eigenvalue weighted by Crippen LogP contribution is -2.31. The van der Waals surface area contributed by atoms with Crippen molar-refractivity contribution in [3.63, 3.8) is 0 Å². The third-order valence-electron chi connectivity index (χ3n) is 2.98. The van der Waals surface area contributed by atoms with Crippen LogP contribution in [0.15, 0.2) is 54.3 Å². The molecule has 0 amide bonds. The van der Waals surface area contributed by atoms with Gasteiger partial charge in [0.05, 0.1) is 0 Å². The van der Waals surface area contributed by atoms with E-state index in [4.69, 9.17) is 9.47 Å². The molecule has 3 nitrogen and oxygen atoms in total. The van der Waals surface area contributed by atoms with Crippen LogP contribution in [-0.2, 0) is 20.9 Å². The van der Waals surface area contributed by atoms with Crippen molar-refractivity contribution < 1.29 is 14.3 Å². The SMILES string of the molecule is COC1(C=O)C=CC(OCc2ccccc2)=CC1. The van der Waals surface area contributed by atoms with E-state index in [1.165, 1.54) is 7.11 Å². The van der Waals surface area contributed by atoms with Gasteiger partial charge in [0.15, 0.2) is 6.29 Å². The number of methoxy groups -OCH3 is 1. The standard InChI is InChI=1S/C15H16O3/c1-17-15(12-16)9-7-14(8-10-15)18-11-13-5-3-2-4-6-13/h2-9,12H,10-11H2,1H3. The highest BCUT2D eigenvalue weighted by molar-refractivity contribution is 5.67. The van der Waals surface area contributed by atoms with Crippen molar-refractivity contribution in [1.82, 2.24) is 0 Å². The number of carbonyl (C=O) groups excluding carboxylic acids is 1. The van der Waals surface area contributed by atoms with Gasteiger partial charge in [-0.05, 0) is 23.8 Å². The fraction of sp³-hybridized carbons (Fsp3) is 0.267. The van der Waals surface area contributed by atoms with Crippen LogP contribution in [0.1, 0.15) is 12.0 Å². The molecule has 1 aliphatic rings. The van der Waals surface area contributed by atoms with E-state index in [1.807, 2.05) is 36.4 Å². The van der Waals surface area contributed by atoms with Gasteiger partial charge in [0, 0.05) is 13.5 Å². The summed E-state index contributed by atoms with van der Waals surface area (Å²) in [6.07, 6.45) is 6.72. The van der Waals surface area contributed by atoms with Crippen molar-refractivity contribution in [2.24, 2.45) is 0 Å². The Morgan fingerprint density at radius 2 is 2.11 bits per heavy atom. The lowest BCUT2D eigenvalue weighted by Gasteiger charge is -2.24. The van der Waals surface area contributed by atoms with E-state index >= 15 is 0 Å². The average molecular weight is 244 g/mol. The summed E-state index contributed by atoms with van der Waals surface area (Å²) >= 11 is 0. The molecule has 1 aliphatic carbocycles. The van der Waals surface area contributed by atoms with Gasteiger partial charge in [-0.15, -0.1) is 0 Å². The van der Waals surface area contributed by atoms with E-state index in [0.717, 1.165) is 17.6 Å². The van der Waals surface area contributed by atoms with Gasteiger partial charge in [-0.2, -0.15) is 0 Å². The van der Waals surface area contributed by atoms with Gasteiger partial charge in [0.2, 0.25) is 0 Å². The van der Waals surface area contributed by atoms with Crippen molar-refractivity contribution in [2.45, 2.75) is 18.6 Å². The molecule has 2 rings (SSSR count). The summed E-state index contributed by atoms with van der Waals surface area (Å²) in [5.74, 6) is 0.772. The van der Waals surface area contributed by atoms with E-state index in [1.54, 1.807) is 12.2 Å². The van der Waals surface area contributed by atoms with Crippen molar-refractivity contribution in [1.29, 1.82) is 0 Å². The molecule has 1 aromatic rings. The van der Waals surface area contributed by atoms with E-state index in [-0.39, 0.29) is 0 Å². The first-order valence-corrected chi connectivity index (χ1v) is 5.85. The van der Waals surface area contributed by atoms with Crippen LogP contribution in [0.2, 0.25) is 0 Å². The van der Waals surface area contributed by atoms with Gasteiger partial charge in [0.1, 0.15) is 18.0 Å². The molecule has 0 saturated carbocycles. The Morgan fingerprint density at radius 1 is 1.33 bits per heavy atom. The first kappa shape index (κ1) is 12.6. The van der Waals surface area contributed by atoms with E-state index < -0.39 is 5.60 Å². The molecule has 0 fully saturated rings. The molecule has 3 heteroatoms. The van der Waals surface area contributed by atoms with Crippen molar-refractivity contribution in [3.8, 4) is 0 Å². The third-order valence-corrected chi connectivity index (χ3v) is 2.98. The molecule has 18 heavy (non-hydrogen) atoms.